The third kappa shape index (κ3) is 4.46. The summed E-state index contributed by atoms with van der Waals surface area (Å²) >= 11 is 0. The van der Waals surface area contributed by atoms with Gasteiger partial charge < -0.3 is 14.5 Å². The zero-order chi connectivity index (χ0) is 24.5. The molecule has 7 rings (SSSR count). The first-order chi connectivity index (χ1) is 17.7. The lowest BCUT2D eigenvalue weighted by atomic mass is 9.75. The van der Waals surface area contributed by atoms with Gasteiger partial charge in [0, 0.05) is 44.3 Å². The van der Waals surface area contributed by atoms with Gasteiger partial charge in [0.2, 0.25) is 5.91 Å². The van der Waals surface area contributed by atoms with Crippen LogP contribution >= 0.6 is 0 Å². The number of piperazine rings is 1. The fourth-order valence-electron chi connectivity index (χ4n) is 6.25. The Bertz CT molecular complexity index is 1190. The second kappa shape index (κ2) is 9.93. The number of para-hydroxylation sites is 2. The average molecular weight is 487 g/mol. The molecule has 1 aromatic heterocycles. The second-order valence-electron chi connectivity index (χ2n) is 10.2. The van der Waals surface area contributed by atoms with Crippen LogP contribution in [0.15, 0.2) is 60.8 Å². The first-order valence-electron chi connectivity index (χ1n) is 13.1. The van der Waals surface area contributed by atoms with Crippen LogP contribution in [-0.2, 0) is 11.3 Å². The molecule has 4 fully saturated rings. The Morgan fingerprint density at radius 3 is 2.53 bits per heavy atom. The number of carbonyl (C=O) groups excluding carboxylic acids is 1. The number of aromatic nitrogens is 3. The highest BCUT2D eigenvalue weighted by molar-refractivity contribution is 5.80. The molecule has 2 bridgehead atoms. The van der Waals surface area contributed by atoms with Crippen molar-refractivity contribution in [2.24, 2.45) is 11.8 Å². The minimum atomic E-state index is 0.114. The summed E-state index contributed by atoms with van der Waals surface area (Å²) in [6.07, 6.45) is 4.21. The predicted molar refractivity (Wildman–Crippen MR) is 139 cm³/mol. The smallest absolute Gasteiger partial charge is 0.227 e. The summed E-state index contributed by atoms with van der Waals surface area (Å²) in [5.74, 6) is 1.80. The summed E-state index contributed by atoms with van der Waals surface area (Å²) in [5, 5.41) is 8.77. The molecule has 8 heteroatoms. The second-order valence-corrected chi connectivity index (χ2v) is 10.2. The molecule has 0 aliphatic carbocycles. The summed E-state index contributed by atoms with van der Waals surface area (Å²) in [6.45, 7) is 5.98. The van der Waals surface area contributed by atoms with E-state index in [9.17, 15) is 4.79 Å². The summed E-state index contributed by atoms with van der Waals surface area (Å²) < 4.78 is 7.51. The molecule has 2 aromatic carbocycles. The number of hydrogen-bond acceptors (Lipinski definition) is 6. The van der Waals surface area contributed by atoms with E-state index in [1.54, 1.807) is 7.11 Å². The van der Waals surface area contributed by atoms with Crippen LogP contribution in [0.3, 0.4) is 0 Å². The van der Waals surface area contributed by atoms with Gasteiger partial charge in [-0.05, 0) is 37.4 Å². The lowest BCUT2D eigenvalue weighted by molar-refractivity contribution is -0.144. The normalized spacial score (nSPS) is 25.7. The minimum Gasteiger partial charge on any atom is -0.495 e. The number of amides is 1. The van der Waals surface area contributed by atoms with Gasteiger partial charge >= 0.3 is 0 Å². The van der Waals surface area contributed by atoms with Crippen molar-refractivity contribution < 1.29 is 9.53 Å². The van der Waals surface area contributed by atoms with Gasteiger partial charge in [0.15, 0.2) is 0 Å². The molecular formula is C28H34N6O2. The number of nitrogens with zero attached hydrogens (tertiary/aromatic N) is 6. The third-order valence-corrected chi connectivity index (χ3v) is 8.22. The Morgan fingerprint density at radius 1 is 1.00 bits per heavy atom. The molecule has 0 N–H and O–H groups in total. The van der Waals surface area contributed by atoms with E-state index in [0.717, 1.165) is 81.3 Å². The molecule has 2 unspecified atom stereocenters. The molecule has 4 aliphatic heterocycles. The molecule has 4 atom stereocenters. The molecule has 3 aromatic rings. The van der Waals surface area contributed by atoms with Gasteiger partial charge in [0.05, 0.1) is 31.5 Å². The monoisotopic (exact) mass is 486 g/mol. The van der Waals surface area contributed by atoms with Gasteiger partial charge in [-0.3, -0.25) is 14.4 Å². The van der Waals surface area contributed by atoms with Gasteiger partial charge in [-0.2, -0.15) is 0 Å². The molecular weight excluding hydrogens is 452 g/mol. The number of carbonyl (C=O) groups is 1. The van der Waals surface area contributed by atoms with Crippen molar-refractivity contribution >= 4 is 11.6 Å². The van der Waals surface area contributed by atoms with Gasteiger partial charge in [-0.25, -0.2) is 0 Å². The molecule has 5 heterocycles. The molecule has 0 radical (unpaired) electrons. The van der Waals surface area contributed by atoms with E-state index in [2.05, 4.69) is 43.2 Å². The minimum absolute atomic E-state index is 0.114. The standard InChI is InChI=1S/C28H34N6O2/c1-36-27-10-6-5-9-26(27)31-13-15-32(16-14-31)28(35)24-19-33-12-11-22(24)17-23(33)18-34-20-25(29-30-34)21-7-3-2-4-8-21/h2-10,20,22-24H,11-19H2,1H3/t22?,23-,24+/m1/s1. The van der Waals surface area contributed by atoms with Crippen LogP contribution in [0.2, 0.25) is 0 Å². The van der Waals surface area contributed by atoms with Crippen LogP contribution in [0.25, 0.3) is 11.3 Å². The van der Waals surface area contributed by atoms with E-state index in [-0.39, 0.29) is 5.92 Å². The summed E-state index contributed by atoms with van der Waals surface area (Å²) in [7, 11) is 1.71. The van der Waals surface area contributed by atoms with Crippen molar-refractivity contribution in [1.82, 2.24) is 24.8 Å². The van der Waals surface area contributed by atoms with Crippen LogP contribution in [0, 0.1) is 11.8 Å². The van der Waals surface area contributed by atoms with E-state index in [4.69, 9.17) is 4.74 Å². The molecule has 36 heavy (non-hydrogen) atoms. The maximum Gasteiger partial charge on any atom is 0.227 e. The lowest BCUT2D eigenvalue weighted by Gasteiger charge is -2.50. The van der Waals surface area contributed by atoms with Gasteiger partial charge in [-0.1, -0.05) is 47.7 Å². The number of anilines is 1. The first-order valence-corrected chi connectivity index (χ1v) is 13.1. The van der Waals surface area contributed by atoms with E-state index in [1.807, 2.05) is 47.3 Å². The van der Waals surface area contributed by atoms with Crippen LogP contribution in [0.5, 0.6) is 5.75 Å². The van der Waals surface area contributed by atoms with E-state index in [1.165, 1.54) is 0 Å². The van der Waals surface area contributed by atoms with Crippen molar-refractivity contribution in [2.75, 3.05) is 51.3 Å². The van der Waals surface area contributed by atoms with Crippen molar-refractivity contribution in [3.8, 4) is 17.0 Å². The number of rotatable bonds is 6. The van der Waals surface area contributed by atoms with Gasteiger partial charge in [0.25, 0.3) is 0 Å². The first kappa shape index (κ1) is 23.0. The third-order valence-electron chi connectivity index (χ3n) is 8.22. The van der Waals surface area contributed by atoms with Gasteiger partial charge in [0.1, 0.15) is 11.4 Å². The summed E-state index contributed by atoms with van der Waals surface area (Å²) in [6, 6.07) is 18.7. The number of piperidine rings is 3. The van der Waals surface area contributed by atoms with Crippen LogP contribution in [0.1, 0.15) is 12.8 Å². The number of ether oxygens (including phenoxy) is 1. The van der Waals surface area contributed by atoms with Gasteiger partial charge in [-0.15, -0.1) is 5.10 Å². The van der Waals surface area contributed by atoms with Crippen molar-refractivity contribution in [3.05, 3.63) is 60.8 Å². The number of methoxy groups -OCH3 is 1. The quantitative estimate of drug-likeness (QED) is 0.534. The van der Waals surface area contributed by atoms with Crippen molar-refractivity contribution in [3.63, 3.8) is 0 Å². The molecule has 4 saturated heterocycles. The maximum absolute atomic E-state index is 13.6. The Kier molecular flexibility index (Phi) is 6.35. The van der Waals surface area contributed by atoms with E-state index < -0.39 is 0 Å². The molecule has 8 nitrogen and oxygen atoms in total. The molecule has 188 valence electrons. The van der Waals surface area contributed by atoms with Crippen LogP contribution in [0.4, 0.5) is 5.69 Å². The Morgan fingerprint density at radius 2 is 1.78 bits per heavy atom. The zero-order valence-electron chi connectivity index (χ0n) is 20.9. The maximum atomic E-state index is 13.6. The van der Waals surface area contributed by atoms with Crippen molar-refractivity contribution in [2.45, 2.75) is 25.4 Å². The highest BCUT2D eigenvalue weighted by atomic mass is 16.5. The average Bonchev–Trinajstić information content (AvgIpc) is 3.42. The summed E-state index contributed by atoms with van der Waals surface area (Å²) in [5.41, 5.74) is 3.11. The lowest BCUT2D eigenvalue weighted by Crippen LogP contribution is -2.60. The molecule has 0 spiro atoms. The highest BCUT2D eigenvalue weighted by Gasteiger charge is 2.44. The van der Waals surface area contributed by atoms with Crippen molar-refractivity contribution in [1.29, 1.82) is 0 Å². The molecule has 0 saturated carbocycles. The molecule has 1 amide bonds. The Balaban J connectivity index is 1.05. The highest BCUT2D eigenvalue weighted by Crippen LogP contribution is 2.38. The zero-order valence-corrected chi connectivity index (χ0v) is 20.9. The summed E-state index contributed by atoms with van der Waals surface area (Å²) in [4.78, 5) is 20.5. The number of benzene rings is 2. The fraction of sp³-hybridized carbons (Fsp3) is 0.464. The van der Waals surface area contributed by atoms with Crippen LogP contribution < -0.4 is 9.64 Å². The number of hydrogen-bond donors (Lipinski definition) is 0. The van der Waals surface area contributed by atoms with E-state index in [0.29, 0.717) is 17.9 Å². The largest absolute Gasteiger partial charge is 0.495 e. The Labute approximate surface area is 212 Å². The SMILES string of the molecule is COc1ccccc1N1CCN(C(=O)[C@H]2CN3CCC2C[C@@H]3Cn2cc(-c3ccccc3)nn2)CC1. The topological polar surface area (TPSA) is 66.7 Å². The number of fused-ring (bicyclic) bond motifs is 3. The Hall–Kier alpha value is -3.39. The predicted octanol–water partition coefficient (Wildman–Crippen LogP) is 3.01. The fourth-order valence-corrected chi connectivity index (χ4v) is 6.25. The van der Waals surface area contributed by atoms with E-state index >= 15 is 0 Å². The molecule has 4 aliphatic rings. The van der Waals surface area contributed by atoms with Crippen LogP contribution in [-0.4, -0.2) is 83.1 Å².